The number of nitrogens with one attached hydrogen (secondary N) is 1. The number of H-pyrrole nitrogens is 1. The van der Waals surface area contributed by atoms with Gasteiger partial charge >= 0.3 is 0 Å². The molecule has 0 saturated heterocycles. The molecule has 16 heavy (non-hydrogen) atoms. The Morgan fingerprint density at radius 3 is 2.44 bits per heavy atom. The molecule has 0 spiro atoms. The molecule has 0 saturated carbocycles. The summed E-state index contributed by atoms with van der Waals surface area (Å²) in [6.45, 7) is 1.89. The van der Waals surface area contributed by atoms with E-state index in [-0.39, 0.29) is 5.56 Å². The quantitative estimate of drug-likeness (QED) is 0.827. The first-order valence-corrected chi connectivity index (χ1v) is 5.49. The topological polar surface area (TPSA) is 32.9 Å². The molecule has 0 fully saturated rings. The van der Waals surface area contributed by atoms with Crippen LogP contribution in [0, 0.1) is 6.92 Å². The van der Waals surface area contributed by atoms with Gasteiger partial charge in [-0.1, -0.05) is 29.3 Å². The van der Waals surface area contributed by atoms with Gasteiger partial charge < -0.3 is 4.98 Å². The van der Waals surface area contributed by atoms with Crippen molar-refractivity contribution in [2.75, 3.05) is 0 Å². The van der Waals surface area contributed by atoms with Crippen molar-refractivity contribution in [1.82, 2.24) is 4.98 Å². The normalized spacial score (nSPS) is 10.4. The van der Waals surface area contributed by atoms with Gasteiger partial charge in [0.15, 0.2) is 0 Å². The number of rotatable bonds is 1. The fourth-order valence-corrected chi connectivity index (χ4v) is 2.17. The van der Waals surface area contributed by atoms with Crippen LogP contribution in [0.5, 0.6) is 0 Å². The van der Waals surface area contributed by atoms with E-state index in [4.69, 9.17) is 23.2 Å². The van der Waals surface area contributed by atoms with E-state index >= 15 is 0 Å². The van der Waals surface area contributed by atoms with Crippen LogP contribution in [0.2, 0.25) is 10.0 Å². The molecule has 0 radical (unpaired) electrons. The lowest BCUT2D eigenvalue weighted by Crippen LogP contribution is -2.04. The van der Waals surface area contributed by atoms with Crippen LogP contribution in [-0.4, -0.2) is 4.98 Å². The van der Waals surface area contributed by atoms with E-state index in [1.165, 1.54) is 6.07 Å². The zero-order valence-corrected chi connectivity index (χ0v) is 10.1. The summed E-state index contributed by atoms with van der Waals surface area (Å²) in [6.07, 6.45) is 1.65. The van der Waals surface area contributed by atoms with Gasteiger partial charge in [-0.15, -0.1) is 0 Å². The van der Waals surface area contributed by atoms with Gasteiger partial charge in [0.05, 0.1) is 0 Å². The number of aromatic amines is 1. The van der Waals surface area contributed by atoms with Gasteiger partial charge in [-0.25, -0.2) is 0 Å². The molecule has 82 valence electrons. The van der Waals surface area contributed by atoms with Crippen LogP contribution in [0.15, 0.2) is 35.3 Å². The van der Waals surface area contributed by atoms with Crippen molar-refractivity contribution >= 4 is 23.2 Å². The number of aromatic nitrogens is 1. The van der Waals surface area contributed by atoms with E-state index in [9.17, 15) is 4.79 Å². The summed E-state index contributed by atoms with van der Waals surface area (Å²) in [5.74, 6) is 0. The zero-order chi connectivity index (χ0) is 11.7. The third-order valence-corrected chi connectivity index (χ3v) is 2.99. The van der Waals surface area contributed by atoms with Crippen molar-refractivity contribution in [3.05, 3.63) is 56.4 Å². The molecule has 1 aromatic heterocycles. The summed E-state index contributed by atoms with van der Waals surface area (Å²) in [5, 5.41) is 1.09. The van der Waals surface area contributed by atoms with Gasteiger partial charge in [0.1, 0.15) is 0 Å². The minimum absolute atomic E-state index is 0.170. The van der Waals surface area contributed by atoms with E-state index in [2.05, 4.69) is 4.98 Å². The molecule has 0 aliphatic carbocycles. The van der Waals surface area contributed by atoms with E-state index in [0.29, 0.717) is 15.6 Å². The van der Waals surface area contributed by atoms with E-state index < -0.39 is 0 Å². The minimum Gasteiger partial charge on any atom is -0.329 e. The van der Waals surface area contributed by atoms with Gasteiger partial charge in [-0.3, -0.25) is 4.79 Å². The number of pyridine rings is 1. The van der Waals surface area contributed by atoms with Gasteiger partial charge in [0.25, 0.3) is 0 Å². The second-order valence-corrected chi connectivity index (χ2v) is 4.31. The molecule has 0 unspecified atom stereocenters. The highest BCUT2D eigenvalue weighted by molar-refractivity contribution is 6.39. The summed E-state index contributed by atoms with van der Waals surface area (Å²) in [5.41, 5.74) is 2.22. The first-order valence-electron chi connectivity index (χ1n) is 4.73. The largest absolute Gasteiger partial charge is 0.329 e. The highest BCUT2D eigenvalue weighted by atomic mass is 35.5. The van der Waals surface area contributed by atoms with E-state index in [1.807, 2.05) is 6.92 Å². The van der Waals surface area contributed by atoms with Crippen molar-refractivity contribution in [2.24, 2.45) is 0 Å². The molecule has 2 rings (SSSR count). The Labute approximate surface area is 103 Å². The highest BCUT2D eigenvalue weighted by Crippen LogP contribution is 2.35. The maximum absolute atomic E-state index is 11.3. The van der Waals surface area contributed by atoms with Crippen LogP contribution in [-0.2, 0) is 0 Å². The van der Waals surface area contributed by atoms with Gasteiger partial charge in [-0.2, -0.15) is 0 Å². The van der Waals surface area contributed by atoms with Crippen molar-refractivity contribution in [3.63, 3.8) is 0 Å². The van der Waals surface area contributed by atoms with E-state index in [0.717, 1.165) is 11.1 Å². The average Bonchev–Trinajstić information content (AvgIpc) is 2.23. The number of benzene rings is 1. The third kappa shape index (κ3) is 1.99. The van der Waals surface area contributed by atoms with Crippen molar-refractivity contribution in [3.8, 4) is 11.1 Å². The number of hydrogen-bond acceptors (Lipinski definition) is 1. The Morgan fingerprint density at radius 2 is 1.81 bits per heavy atom. The fourth-order valence-electron chi connectivity index (χ4n) is 1.57. The lowest BCUT2D eigenvalue weighted by atomic mass is 10.0. The molecule has 1 heterocycles. The smallest absolute Gasteiger partial charge is 0.248 e. The Hall–Kier alpha value is -1.25. The van der Waals surface area contributed by atoms with Gasteiger partial charge in [0.2, 0.25) is 5.56 Å². The maximum Gasteiger partial charge on any atom is 0.248 e. The van der Waals surface area contributed by atoms with Crippen molar-refractivity contribution in [1.29, 1.82) is 0 Å². The lowest BCUT2D eigenvalue weighted by molar-refractivity contribution is 1.20. The third-order valence-electron chi connectivity index (χ3n) is 2.36. The number of aryl methyl sites for hydroxylation is 1. The van der Waals surface area contributed by atoms with Crippen molar-refractivity contribution < 1.29 is 0 Å². The Balaban J connectivity index is 2.77. The molecular formula is C12H9Cl2NO. The second kappa shape index (κ2) is 4.32. The van der Waals surface area contributed by atoms with Crippen LogP contribution < -0.4 is 5.56 Å². The minimum atomic E-state index is -0.170. The molecule has 0 amide bonds. The lowest BCUT2D eigenvalue weighted by Gasteiger charge is -2.09. The summed E-state index contributed by atoms with van der Waals surface area (Å²) in [4.78, 5) is 13.9. The molecular weight excluding hydrogens is 245 g/mol. The Kier molecular flexibility index (Phi) is 3.03. The van der Waals surface area contributed by atoms with Gasteiger partial charge in [0, 0.05) is 27.9 Å². The number of hydrogen-bond donors (Lipinski definition) is 1. The van der Waals surface area contributed by atoms with Crippen LogP contribution in [0.1, 0.15) is 5.56 Å². The molecule has 0 bridgehead atoms. The van der Waals surface area contributed by atoms with Gasteiger partial charge in [-0.05, 0) is 30.2 Å². The average molecular weight is 254 g/mol. The Morgan fingerprint density at radius 1 is 1.19 bits per heavy atom. The summed E-state index contributed by atoms with van der Waals surface area (Å²) in [6, 6.07) is 6.78. The standard InChI is InChI=1S/C12H9Cl2NO/c1-7-6-15-11(16)5-8(7)12-9(13)3-2-4-10(12)14/h2-6H,1H3,(H,15,16). The first-order chi connectivity index (χ1) is 7.59. The zero-order valence-electron chi connectivity index (χ0n) is 8.55. The van der Waals surface area contributed by atoms with Crippen LogP contribution in [0.25, 0.3) is 11.1 Å². The molecule has 0 aliphatic rings. The molecule has 4 heteroatoms. The van der Waals surface area contributed by atoms with Crippen LogP contribution in [0.3, 0.4) is 0 Å². The molecule has 1 aromatic carbocycles. The fraction of sp³-hybridized carbons (Fsp3) is 0.0833. The molecule has 2 nitrogen and oxygen atoms in total. The van der Waals surface area contributed by atoms with E-state index in [1.54, 1.807) is 24.4 Å². The predicted molar refractivity (Wildman–Crippen MR) is 67.3 cm³/mol. The first kappa shape index (κ1) is 11.2. The highest BCUT2D eigenvalue weighted by Gasteiger charge is 2.10. The van der Waals surface area contributed by atoms with Crippen LogP contribution >= 0.6 is 23.2 Å². The monoisotopic (exact) mass is 253 g/mol. The van der Waals surface area contributed by atoms with Crippen LogP contribution in [0.4, 0.5) is 0 Å². The Bertz CT molecular complexity index is 570. The maximum atomic E-state index is 11.3. The molecule has 0 aliphatic heterocycles. The molecule has 0 atom stereocenters. The predicted octanol–water partition coefficient (Wildman–Crippen LogP) is 3.66. The summed E-state index contributed by atoms with van der Waals surface area (Å²) in [7, 11) is 0. The second-order valence-electron chi connectivity index (χ2n) is 3.49. The number of halogens is 2. The summed E-state index contributed by atoms with van der Waals surface area (Å²) < 4.78 is 0. The molecule has 1 N–H and O–H groups in total. The summed E-state index contributed by atoms with van der Waals surface area (Å²) >= 11 is 12.2. The molecule has 2 aromatic rings. The van der Waals surface area contributed by atoms with Crippen molar-refractivity contribution in [2.45, 2.75) is 6.92 Å². The SMILES string of the molecule is Cc1c[nH]c(=O)cc1-c1c(Cl)cccc1Cl.